The minimum absolute atomic E-state index is 1.32. The monoisotopic (exact) mass is 94.1 g/mol. The number of aliphatic imine (C=N–C) groups is 1. The summed E-state index contributed by atoms with van der Waals surface area (Å²) in [4.78, 5) is 3.63. The van der Waals surface area contributed by atoms with Gasteiger partial charge in [-0.3, -0.25) is 4.99 Å². The largest absolute Gasteiger partial charge is 0.269 e. The van der Waals surface area contributed by atoms with Crippen LogP contribution in [-0.4, -0.2) is 6.21 Å². The highest BCUT2D eigenvalue weighted by Gasteiger charge is 1.54. The summed E-state index contributed by atoms with van der Waals surface area (Å²) < 4.78 is 0. The van der Waals surface area contributed by atoms with E-state index in [1.807, 2.05) is 6.07 Å². The highest BCUT2D eigenvalue weighted by Crippen LogP contribution is 1.67. The molecule has 0 fully saturated rings. The van der Waals surface area contributed by atoms with E-state index in [2.05, 4.69) is 4.99 Å². The third-order valence-corrected chi connectivity index (χ3v) is 0.384. The Balaban J connectivity index is 3.33. The zero-order valence-electron chi connectivity index (χ0n) is 4.13. The van der Waals surface area contributed by atoms with Gasteiger partial charge in [-0.15, -0.1) is 0 Å². The fraction of sp³-hybridized carbons (Fsp3) is 0.200. The molecule has 0 N–H and O–H groups in total. The summed E-state index contributed by atoms with van der Waals surface area (Å²) in [6.07, 6.45) is 4.38. The molecule has 0 unspecified atom stereocenters. The van der Waals surface area contributed by atoms with Gasteiger partial charge in [-0.2, -0.15) is 5.26 Å². The summed E-state index contributed by atoms with van der Waals surface area (Å²) >= 11 is 0. The summed E-state index contributed by atoms with van der Waals surface area (Å²) in [6.45, 7) is 1.79. The minimum Gasteiger partial charge on any atom is -0.269 e. The first kappa shape index (κ1) is 5.90. The van der Waals surface area contributed by atoms with Crippen molar-refractivity contribution in [1.82, 2.24) is 0 Å². The van der Waals surface area contributed by atoms with E-state index in [4.69, 9.17) is 5.26 Å². The molecule has 2 nitrogen and oxygen atoms in total. The number of nitriles is 1. The lowest BCUT2D eigenvalue weighted by atomic mass is 10.7. The summed E-state index contributed by atoms with van der Waals surface area (Å²) in [5.74, 6) is 0. The molecule has 0 saturated heterocycles. The van der Waals surface area contributed by atoms with Crippen molar-refractivity contribution in [2.75, 3.05) is 0 Å². The molecule has 0 atom stereocenters. The second-order valence-corrected chi connectivity index (χ2v) is 0.852. The first-order valence-corrected chi connectivity index (χ1v) is 1.94. The van der Waals surface area contributed by atoms with E-state index < -0.39 is 0 Å². The van der Waals surface area contributed by atoms with Gasteiger partial charge in [0.05, 0.1) is 6.07 Å². The molecule has 0 saturated carbocycles. The first-order valence-electron chi connectivity index (χ1n) is 1.94. The summed E-state index contributed by atoms with van der Waals surface area (Å²) in [7, 11) is 0. The van der Waals surface area contributed by atoms with Crippen LogP contribution in [0.5, 0.6) is 0 Å². The average molecular weight is 94.1 g/mol. The van der Waals surface area contributed by atoms with Crippen molar-refractivity contribution < 1.29 is 0 Å². The molecule has 0 aromatic heterocycles. The Morgan fingerprint density at radius 1 is 1.71 bits per heavy atom. The molecule has 0 bridgehead atoms. The van der Waals surface area contributed by atoms with E-state index >= 15 is 0 Å². The van der Waals surface area contributed by atoms with Crippen LogP contribution in [0.1, 0.15) is 6.92 Å². The summed E-state index contributed by atoms with van der Waals surface area (Å²) in [6, 6.07) is 1.81. The maximum atomic E-state index is 7.88. The molecule has 2 heteroatoms. The van der Waals surface area contributed by atoms with Crippen molar-refractivity contribution in [3.05, 3.63) is 12.3 Å². The van der Waals surface area contributed by atoms with E-state index in [0.29, 0.717) is 0 Å². The number of hydrogen-bond acceptors (Lipinski definition) is 2. The van der Waals surface area contributed by atoms with Gasteiger partial charge in [0.1, 0.15) is 0 Å². The molecule has 0 aliphatic carbocycles. The second-order valence-electron chi connectivity index (χ2n) is 0.852. The molecule has 7 heavy (non-hydrogen) atoms. The van der Waals surface area contributed by atoms with Crippen LogP contribution in [0, 0.1) is 11.3 Å². The molecule has 0 rings (SSSR count). The Morgan fingerprint density at radius 2 is 2.43 bits per heavy atom. The molecular weight excluding hydrogens is 88.1 g/mol. The van der Waals surface area contributed by atoms with E-state index in [0.717, 1.165) is 0 Å². The van der Waals surface area contributed by atoms with Crippen molar-refractivity contribution in [2.45, 2.75) is 6.92 Å². The molecule has 0 spiro atoms. The number of hydrogen-bond donors (Lipinski definition) is 0. The lowest BCUT2D eigenvalue weighted by Gasteiger charge is -1.63. The molecule has 0 heterocycles. The van der Waals surface area contributed by atoms with Crippen LogP contribution in [0.3, 0.4) is 0 Å². The van der Waals surface area contributed by atoms with E-state index in [-0.39, 0.29) is 0 Å². The molecular formula is C5H6N2. The highest BCUT2D eigenvalue weighted by atomic mass is 14.6. The molecule has 36 valence electrons. The van der Waals surface area contributed by atoms with Crippen LogP contribution < -0.4 is 0 Å². The lowest BCUT2D eigenvalue weighted by Crippen LogP contribution is -1.51. The van der Waals surface area contributed by atoms with E-state index in [9.17, 15) is 0 Å². The lowest BCUT2D eigenvalue weighted by molar-refractivity contribution is 1.51. The van der Waals surface area contributed by atoms with Gasteiger partial charge in [0, 0.05) is 18.5 Å². The van der Waals surface area contributed by atoms with Gasteiger partial charge in [-0.1, -0.05) is 0 Å². The quantitative estimate of drug-likeness (QED) is 0.354. The first-order chi connectivity index (χ1) is 3.41. The standard InChI is InChI=1S/C5H6N2/c1-2-7-5-3-4-6/h2-3,5H,1H3. The van der Waals surface area contributed by atoms with Gasteiger partial charge in [0.2, 0.25) is 0 Å². The van der Waals surface area contributed by atoms with Crippen LogP contribution >= 0.6 is 0 Å². The van der Waals surface area contributed by atoms with Crippen molar-refractivity contribution in [2.24, 2.45) is 4.99 Å². The van der Waals surface area contributed by atoms with Gasteiger partial charge in [-0.05, 0) is 6.92 Å². The summed E-state index contributed by atoms with van der Waals surface area (Å²) in [5.41, 5.74) is 0. The zero-order chi connectivity index (χ0) is 5.54. The van der Waals surface area contributed by atoms with Crippen LogP contribution in [0.15, 0.2) is 17.3 Å². The van der Waals surface area contributed by atoms with Gasteiger partial charge < -0.3 is 0 Å². The van der Waals surface area contributed by atoms with Crippen molar-refractivity contribution >= 4 is 6.21 Å². The predicted molar refractivity (Wildman–Crippen MR) is 28.9 cm³/mol. The van der Waals surface area contributed by atoms with Gasteiger partial charge >= 0.3 is 0 Å². The van der Waals surface area contributed by atoms with Gasteiger partial charge in [0.15, 0.2) is 0 Å². The van der Waals surface area contributed by atoms with Crippen molar-refractivity contribution in [3.63, 3.8) is 0 Å². The Labute approximate surface area is 42.8 Å². The Kier molecular flexibility index (Phi) is 4.13. The normalized spacial score (nSPS) is 10.3. The molecule has 0 aromatic carbocycles. The summed E-state index contributed by atoms with van der Waals surface area (Å²) in [5, 5.41) is 7.88. The maximum Gasteiger partial charge on any atom is 0.0928 e. The van der Waals surface area contributed by atoms with Crippen molar-refractivity contribution in [3.8, 4) is 6.07 Å². The van der Waals surface area contributed by atoms with E-state index in [1.54, 1.807) is 13.1 Å². The molecule has 0 radical (unpaired) electrons. The number of allylic oxidation sites excluding steroid dienone is 1. The molecule has 0 aliphatic rings. The fourth-order valence-electron chi connectivity index (χ4n) is 0.162. The zero-order valence-corrected chi connectivity index (χ0v) is 4.13. The second kappa shape index (κ2) is 4.90. The maximum absolute atomic E-state index is 7.88. The van der Waals surface area contributed by atoms with Crippen LogP contribution in [0.25, 0.3) is 0 Å². The smallest absolute Gasteiger partial charge is 0.0928 e. The Bertz CT molecular complexity index is 117. The topological polar surface area (TPSA) is 36.1 Å². The van der Waals surface area contributed by atoms with Crippen LogP contribution in [-0.2, 0) is 0 Å². The van der Waals surface area contributed by atoms with Crippen LogP contribution in [0.4, 0.5) is 0 Å². The minimum atomic E-state index is 1.32. The fourth-order valence-corrected chi connectivity index (χ4v) is 0.162. The Hall–Kier alpha value is -1.10. The third-order valence-electron chi connectivity index (χ3n) is 0.384. The van der Waals surface area contributed by atoms with Gasteiger partial charge in [0.25, 0.3) is 0 Å². The highest BCUT2D eigenvalue weighted by molar-refractivity contribution is 5.54. The van der Waals surface area contributed by atoms with E-state index in [1.165, 1.54) is 12.3 Å². The Morgan fingerprint density at radius 3 is 2.86 bits per heavy atom. The van der Waals surface area contributed by atoms with Gasteiger partial charge in [-0.25, -0.2) is 0 Å². The number of rotatable bonds is 1. The molecule has 0 aromatic rings. The third kappa shape index (κ3) is 4.90. The van der Waals surface area contributed by atoms with Crippen molar-refractivity contribution in [1.29, 1.82) is 5.26 Å². The average Bonchev–Trinajstić information content (AvgIpc) is 1.69. The van der Waals surface area contributed by atoms with Crippen LogP contribution in [0.2, 0.25) is 0 Å². The SMILES string of the molecule is CC=NC=CC#N. The predicted octanol–water partition coefficient (Wildman–Crippen LogP) is 1.11. The molecule has 0 aliphatic heterocycles. The molecule has 0 amide bonds. The number of nitrogens with zero attached hydrogens (tertiary/aromatic N) is 2.